The van der Waals surface area contributed by atoms with Gasteiger partial charge in [0.1, 0.15) is 0 Å². The minimum absolute atomic E-state index is 0.224. The summed E-state index contributed by atoms with van der Waals surface area (Å²) in [6, 6.07) is 13.2. The molecule has 1 aromatic heterocycles. The van der Waals surface area contributed by atoms with Crippen LogP contribution in [0.1, 0.15) is 75.3 Å². The molecule has 0 unspecified atom stereocenters. The van der Waals surface area contributed by atoms with Crippen molar-refractivity contribution in [3.63, 3.8) is 0 Å². The molecule has 4 heteroatoms. The Balaban J connectivity index is 1.71. The second kappa shape index (κ2) is 6.94. The minimum atomic E-state index is 0.224. The van der Waals surface area contributed by atoms with Gasteiger partial charge in [-0.3, -0.25) is 0 Å². The Hall–Kier alpha value is -2.75. The van der Waals surface area contributed by atoms with Crippen LogP contribution < -0.4 is 0 Å². The van der Waals surface area contributed by atoms with Crippen LogP contribution in [-0.2, 0) is 10.8 Å². The third kappa shape index (κ3) is 3.64. The Morgan fingerprint density at radius 2 is 1.59 bits per heavy atom. The lowest BCUT2D eigenvalue weighted by molar-refractivity contribution is 0.331. The Labute approximate surface area is 173 Å². The number of fused-ring (bicyclic) bond motifs is 1. The van der Waals surface area contributed by atoms with Gasteiger partial charge < -0.3 is 0 Å². The first-order chi connectivity index (χ1) is 13.7. The molecule has 1 aliphatic rings. The van der Waals surface area contributed by atoms with Gasteiger partial charge in [0.05, 0.1) is 0 Å². The molecule has 29 heavy (non-hydrogen) atoms. The Kier molecular flexibility index (Phi) is 4.68. The van der Waals surface area contributed by atoms with E-state index >= 15 is 0 Å². The van der Waals surface area contributed by atoms with E-state index in [1.54, 1.807) is 0 Å². The second-order valence-electron chi connectivity index (χ2n) is 9.66. The highest BCUT2D eigenvalue weighted by Crippen LogP contribution is 2.46. The van der Waals surface area contributed by atoms with Crippen LogP contribution in [0.5, 0.6) is 0 Å². The number of nitrogens with zero attached hydrogens (tertiary/aromatic N) is 3. The zero-order chi connectivity index (χ0) is 20.8. The van der Waals surface area contributed by atoms with Crippen molar-refractivity contribution < 1.29 is 0 Å². The first-order valence-electron chi connectivity index (χ1n) is 10.4. The molecule has 0 aliphatic heterocycles. The van der Waals surface area contributed by atoms with Gasteiger partial charge in [-0.2, -0.15) is 5.21 Å². The molecular weight excluding hydrogens is 356 g/mol. The highest BCUT2D eigenvalue weighted by molar-refractivity contribution is 5.82. The van der Waals surface area contributed by atoms with Crippen molar-refractivity contribution in [1.29, 1.82) is 0 Å². The number of aryl methyl sites for hydroxylation is 1. The van der Waals surface area contributed by atoms with Crippen molar-refractivity contribution in [3.05, 3.63) is 64.2 Å². The molecule has 2 aromatic carbocycles. The molecule has 3 aromatic rings. The van der Waals surface area contributed by atoms with Gasteiger partial charge in [0.2, 0.25) is 5.82 Å². The molecule has 0 bridgehead atoms. The van der Waals surface area contributed by atoms with Crippen molar-refractivity contribution in [1.82, 2.24) is 20.6 Å². The summed E-state index contributed by atoms with van der Waals surface area (Å²) in [4.78, 5) is 0. The van der Waals surface area contributed by atoms with E-state index in [-0.39, 0.29) is 10.8 Å². The van der Waals surface area contributed by atoms with Crippen molar-refractivity contribution in [2.24, 2.45) is 0 Å². The number of allylic oxidation sites excluding steroid dienone is 1. The fourth-order valence-corrected chi connectivity index (χ4v) is 4.38. The summed E-state index contributed by atoms with van der Waals surface area (Å²) in [5, 5.41) is 14.2. The Morgan fingerprint density at radius 3 is 2.17 bits per heavy atom. The Bertz CT molecular complexity index is 1050. The summed E-state index contributed by atoms with van der Waals surface area (Å²) in [7, 11) is 0. The molecule has 1 N–H and O–H groups in total. The van der Waals surface area contributed by atoms with Crippen LogP contribution in [0.3, 0.4) is 0 Å². The number of nitrogens with one attached hydrogen (secondary N) is 1. The summed E-state index contributed by atoms with van der Waals surface area (Å²) in [5.41, 5.74) is 9.57. The number of aromatic nitrogens is 4. The molecule has 0 fully saturated rings. The standard InChI is InChI=1S/C25H30N4/c1-16(18-7-9-19(10-8-18)23-26-28-29-27-23)13-20-15-22-21(14-17(20)2)24(3,4)11-12-25(22,5)6/h7-10,13-15H,11-12H2,1-6H3,(H,26,27,28,29). The lowest BCUT2D eigenvalue weighted by atomic mass is 9.62. The average Bonchev–Trinajstić information content (AvgIpc) is 3.22. The van der Waals surface area contributed by atoms with Gasteiger partial charge in [-0.05, 0) is 76.1 Å². The van der Waals surface area contributed by atoms with Crippen molar-refractivity contribution >= 4 is 11.6 Å². The van der Waals surface area contributed by atoms with Crippen LogP contribution in [0.25, 0.3) is 23.0 Å². The maximum Gasteiger partial charge on any atom is 0.204 e. The maximum absolute atomic E-state index is 4.04. The van der Waals surface area contributed by atoms with E-state index in [0.717, 1.165) is 5.56 Å². The van der Waals surface area contributed by atoms with Crippen molar-refractivity contribution in [3.8, 4) is 11.4 Å². The first kappa shape index (κ1) is 19.6. The highest BCUT2D eigenvalue weighted by Gasteiger charge is 2.37. The van der Waals surface area contributed by atoms with Crippen LogP contribution >= 0.6 is 0 Å². The molecule has 1 aliphatic carbocycles. The van der Waals surface area contributed by atoms with Crippen molar-refractivity contribution in [2.75, 3.05) is 0 Å². The quantitative estimate of drug-likeness (QED) is 0.555. The predicted octanol–water partition coefficient (Wildman–Crippen LogP) is 6.08. The van der Waals surface area contributed by atoms with E-state index in [4.69, 9.17) is 0 Å². The van der Waals surface area contributed by atoms with Crippen LogP contribution in [0.4, 0.5) is 0 Å². The van der Waals surface area contributed by atoms with Gasteiger partial charge in [0.25, 0.3) is 0 Å². The van der Waals surface area contributed by atoms with Gasteiger partial charge in [-0.1, -0.05) is 70.2 Å². The lowest BCUT2D eigenvalue weighted by Crippen LogP contribution is -2.34. The van der Waals surface area contributed by atoms with E-state index in [1.807, 2.05) is 12.1 Å². The van der Waals surface area contributed by atoms with Crippen LogP contribution in [0.2, 0.25) is 0 Å². The van der Waals surface area contributed by atoms with E-state index in [0.29, 0.717) is 5.82 Å². The zero-order valence-corrected chi connectivity index (χ0v) is 18.3. The van der Waals surface area contributed by atoms with E-state index in [1.165, 1.54) is 46.2 Å². The fourth-order valence-electron chi connectivity index (χ4n) is 4.38. The summed E-state index contributed by atoms with van der Waals surface area (Å²) in [6.45, 7) is 13.9. The second-order valence-corrected chi connectivity index (χ2v) is 9.66. The normalized spacial score (nSPS) is 17.8. The number of H-pyrrole nitrogens is 1. The fraction of sp³-hybridized carbons (Fsp3) is 0.400. The highest BCUT2D eigenvalue weighted by atomic mass is 15.5. The molecule has 0 spiro atoms. The monoisotopic (exact) mass is 386 g/mol. The number of tetrazole rings is 1. The number of rotatable bonds is 3. The van der Waals surface area contributed by atoms with Gasteiger partial charge in [0.15, 0.2) is 0 Å². The molecule has 0 amide bonds. The van der Waals surface area contributed by atoms with Gasteiger partial charge in [-0.25, -0.2) is 0 Å². The van der Waals surface area contributed by atoms with Crippen LogP contribution in [-0.4, -0.2) is 20.6 Å². The molecule has 4 rings (SSSR count). The summed E-state index contributed by atoms with van der Waals surface area (Å²) >= 11 is 0. The first-order valence-corrected chi connectivity index (χ1v) is 10.4. The molecule has 0 atom stereocenters. The van der Waals surface area contributed by atoms with Crippen molar-refractivity contribution in [2.45, 2.75) is 65.2 Å². The predicted molar refractivity (Wildman–Crippen MR) is 120 cm³/mol. The third-order valence-corrected chi connectivity index (χ3v) is 6.56. The Morgan fingerprint density at radius 1 is 0.966 bits per heavy atom. The molecule has 0 saturated heterocycles. The van der Waals surface area contributed by atoms with Crippen LogP contribution in [0, 0.1) is 6.92 Å². The lowest BCUT2D eigenvalue weighted by Gasteiger charge is -2.42. The average molecular weight is 387 g/mol. The van der Waals surface area contributed by atoms with Gasteiger partial charge >= 0.3 is 0 Å². The van der Waals surface area contributed by atoms with E-state index in [9.17, 15) is 0 Å². The molecule has 1 heterocycles. The number of hydrogen-bond acceptors (Lipinski definition) is 3. The van der Waals surface area contributed by atoms with Gasteiger partial charge in [0, 0.05) is 5.56 Å². The largest absolute Gasteiger partial charge is 0.204 e. The van der Waals surface area contributed by atoms with Gasteiger partial charge in [-0.15, -0.1) is 10.2 Å². The summed E-state index contributed by atoms with van der Waals surface area (Å²) < 4.78 is 0. The number of hydrogen-bond donors (Lipinski definition) is 1. The third-order valence-electron chi connectivity index (χ3n) is 6.56. The van der Waals surface area contributed by atoms with Crippen LogP contribution in [0.15, 0.2) is 36.4 Å². The summed E-state index contributed by atoms with van der Waals surface area (Å²) in [5.74, 6) is 0.619. The number of aromatic amines is 1. The molecule has 0 saturated carbocycles. The SMILES string of the molecule is CC(=Cc1cc2c(cc1C)C(C)(C)CCC2(C)C)c1ccc(-c2nn[nH]n2)cc1. The number of benzene rings is 2. The molecular formula is C25H30N4. The molecule has 4 nitrogen and oxygen atoms in total. The summed E-state index contributed by atoms with van der Waals surface area (Å²) in [6.07, 6.45) is 4.79. The zero-order valence-electron chi connectivity index (χ0n) is 18.3. The minimum Gasteiger partial charge on any atom is -0.177 e. The van der Waals surface area contributed by atoms with E-state index in [2.05, 4.69) is 92.5 Å². The molecule has 150 valence electrons. The smallest absolute Gasteiger partial charge is 0.177 e. The topological polar surface area (TPSA) is 54.5 Å². The van der Waals surface area contributed by atoms with E-state index < -0.39 is 0 Å². The molecule has 0 radical (unpaired) electrons. The maximum atomic E-state index is 4.04.